The molecule has 2 aromatic carbocycles. The standard InChI is InChI=1S/C29H27NO2S/c31-28(32)17-18-33-29-25-7-3-1-5-21(25)12-13-22-11-9-20(19-26(22)29)10-15-24-16-14-23-6-2-4-8-27(23)30-24/h1,3,5,7,9-16,19,29H,2,4,6,8,17-18H2,(H,31,32). The van der Waals surface area contributed by atoms with Crippen molar-refractivity contribution in [3.8, 4) is 0 Å². The van der Waals surface area contributed by atoms with E-state index in [1.54, 1.807) is 11.8 Å². The molecule has 0 bridgehead atoms. The molecule has 4 heteroatoms. The van der Waals surface area contributed by atoms with E-state index in [1.165, 1.54) is 46.4 Å². The number of aliphatic carboxylic acids is 1. The third kappa shape index (κ3) is 4.96. The van der Waals surface area contributed by atoms with Gasteiger partial charge >= 0.3 is 5.97 Å². The second-order valence-corrected chi connectivity index (χ2v) is 9.84. The van der Waals surface area contributed by atoms with Crippen LogP contribution in [0.2, 0.25) is 0 Å². The molecule has 0 radical (unpaired) electrons. The summed E-state index contributed by atoms with van der Waals surface area (Å²) in [6, 6.07) is 19.3. The van der Waals surface area contributed by atoms with E-state index in [-0.39, 0.29) is 11.7 Å². The van der Waals surface area contributed by atoms with E-state index in [1.807, 2.05) is 0 Å². The summed E-state index contributed by atoms with van der Waals surface area (Å²) in [6.45, 7) is 0. The van der Waals surface area contributed by atoms with Crippen LogP contribution in [0.4, 0.5) is 0 Å². The highest BCUT2D eigenvalue weighted by molar-refractivity contribution is 7.99. The van der Waals surface area contributed by atoms with Crippen molar-refractivity contribution in [2.45, 2.75) is 37.4 Å². The summed E-state index contributed by atoms with van der Waals surface area (Å²) >= 11 is 1.71. The molecule has 166 valence electrons. The number of benzene rings is 2. The van der Waals surface area contributed by atoms with Gasteiger partial charge < -0.3 is 5.11 Å². The number of hydrogen-bond acceptors (Lipinski definition) is 3. The minimum absolute atomic E-state index is 0.0979. The number of thioether (sulfide) groups is 1. The lowest BCUT2D eigenvalue weighted by Gasteiger charge is -2.20. The van der Waals surface area contributed by atoms with Crippen molar-refractivity contribution < 1.29 is 9.90 Å². The van der Waals surface area contributed by atoms with Crippen LogP contribution in [0.1, 0.15) is 69.3 Å². The maximum Gasteiger partial charge on any atom is 0.304 e. The number of hydrogen-bond donors (Lipinski definition) is 1. The fourth-order valence-corrected chi connectivity index (χ4v) is 5.95. The predicted molar refractivity (Wildman–Crippen MR) is 138 cm³/mol. The highest BCUT2D eigenvalue weighted by Crippen LogP contribution is 2.42. The van der Waals surface area contributed by atoms with Gasteiger partial charge in [-0.25, -0.2) is 0 Å². The normalized spacial score (nSPS) is 16.7. The number of pyridine rings is 1. The molecule has 1 aromatic heterocycles. The minimum Gasteiger partial charge on any atom is -0.481 e. The van der Waals surface area contributed by atoms with Gasteiger partial charge in [0.05, 0.1) is 17.4 Å². The van der Waals surface area contributed by atoms with Crippen molar-refractivity contribution >= 4 is 42.0 Å². The quantitative estimate of drug-likeness (QED) is 0.440. The highest BCUT2D eigenvalue weighted by atomic mass is 32.2. The average molecular weight is 454 g/mol. The van der Waals surface area contributed by atoms with Gasteiger partial charge in [-0.2, -0.15) is 0 Å². The third-order valence-corrected chi connectivity index (χ3v) is 7.64. The summed E-state index contributed by atoms with van der Waals surface area (Å²) in [7, 11) is 0. The lowest BCUT2D eigenvalue weighted by atomic mass is 9.95. The van der Waals surface area contributed by atoms with Crippen LogP contribution >= 0.6 is 11.8 Å². The van der Waals surface area contributed by atoms with Crippen molar-refractivity contribution in [1.29, 1.82) is 0 Å². The predicted octanol–water partition coefficient (Wildman–Crippen LogP) is 6.91. The Morgan fingerprint density at radius 1 is 0.970 bits per heavy atom. The van der Waals surface area contributed by atoms with E-state index in [2.05, 4.69) is 78.9 Å². The summed E-state index contributed by atoms with van der Waals surface area (Å²) < 4.78 is 0. The molecule has 1 N–H and O–H groups in total. The largest absolute Gasteiger partial charge is 0.481 e. The van der Waals surface area contributed by atoms with Crippen molar-refractivity contribution in [3.05, 3.63) is 99.4 Å². The number of rotatable bonds is 6. The first-order valence-corrected chi connectivity index (χ1v) is 12.6. The Bertz CT molecular complexity index is 1240. The van der Waals surface area contributed by atoms with Crippen LogP contribution in [-0.2, 0) is 17.6 Å². The first-order valence-electron chi connectivity index (χ1n) is 11.6. The van der Waals surface area contributed by atoms with Gasteiger partial charge in [0.2, 0.25) is 0 Å². The average Bonchev–Trinajstić information content (AvgIpc) is 2.99. The lowest BCUT2D eigenvalue weighted by molar-refractivity contribution is -0.136. The van der Waals surface area contributed by atoms with E-state index in [0.717, 1.165) is 24.1 Å². The molecule has 1 heterocycles. The zero-order valence-electron chi connectivity index (χ0n) is 18.5. The first kappa shape index (κ1) is 21.7. The van der Waals surface area contributed by atoms with Gasteiger partial charge in [0.25, 0.3) is 0 Å². The van der Waals surface area contributed by atoms with Crippen LogP contribution in [-0.4, -0.2) is 21.8 Å². The topological polar surface area (TPSA) is 50.2 Å². The van der Waals surface area contributed by atoms with E-state index in [9.17, 15) is 4.79 Å². The highest BCUT2D eigenvalue weighted by Gasteiger charge is 2.22. The number of fused-ring (bicyclic) bond motifs is 3. The Kier molecular flexibility index (Phi) is 6.45. The third-order valence-electron chi connectivity index (χ3n) is 6.36. The van der Waals surface area contributed by atoms with Crippen LogP contribution in [0.5, 0.6) is 0 Å². The molecule has 0 aliphatic heterocycles. The van der Waals surface area contributed by atoms with E-state index >= 15 is 0 Å². The molecule has 5 rings (SSSR count). The molecule has 2 aliphatic rings. The molecule has 3 aromatic rings. The molecule has 2 aliphatic carbocycles. The van der Waals surface area contributed by atoms with E-state index < -0.39 is 5.97 Å². The van der Waals surface area contributed by atoms with Crippen LogP contribution in [0.15, 0.2) is 54.6 Å². The molecule has 3 nitrogen and oxygen atoms in total. The van der Waals surface area contributed by atoms with Crippen LogP contribution in [0.3, 0.4) is 0 Å². The van der Waals surface area contributed by atoms with Crippen molar-refractivity contribution in [2.24, 2.45) is 0 Å². The Morgan fingerprint density at radius 2 is 1.79 bits per heavy atom. The first-order chi connectivity index (χ1) is 16.2. The number of carboxylic acid groups (broad SMARTS) is 1. The molecule has 1 unspecified atom stereocenters. The Labute approximate surface area is 199 Å². The summed E-state index contributed by atoms with van der Waals surface area (Å²) in [4.78, 5) is 16.0. The van der Waals surface area contributed by atoms with Gasteiger partial charge in [-0.15, -0.1) is 11.8 Å². The summed E-state index contributed by atoms with van der Waals surface area (Å²) in [6.07, 6.45) is 13.5. The van der Waals surface area contributed by atoms with Gasteiger partial charge in [0.15, 0.2) is 0 Å². The fraction of sp³-hybridized carbons (Fsp3) is 0.241. The van der Waals surface area contributed by atoms with Gasteiger partial charge in [0.1, 0.15) is 0 Å². The molecule has 0 spiro atoms. The summed E-state index contributed by atoms with van der Waals surface area (Å²) in [5.74, 6) is -0.177. The number of nitrogens with zero attached hydrogens (tertiary/aromatic N) is 1. The van der Waals surface area contributed by atoms with Gasteiger partial charge in [-0.05, 0) is 77.3 Å². The van der Waals surface area contributed by atoms with E-state index in [0.29, 0.717) is 5.75 Å². The molecule has 1 atom stereocenters. The molecule has 0 saturated heterocycles. The molecule has 33 heavy (non-hydrogen) atoms. The Balaban J connectivity index is 1.46. The summed E-state index contributed by atoms with van der Waals surface area (Å²) in [5.41, 5.74) is 9.62. The zero-order chi connectivity index (χ0) is 22.6. The van der Waals surface area contributed by atoms with Gasteiger partial charge in [-0.1, -0.05) is 60.7 Å². The monoisotopic (exact) mass is 453 g/mol. The number of carbonyl (C=O) groups is 1. The van der Waals surface area contributed by atoms with Crippen LogP contribution in [0.25, 0.3) is 24.3 Å². The van der Waals surface area contributed by atoms with E-state index in [4.69, 9.17) is 10.1 Å². The second-order valence-electron chi connectivity index (χ2n) is 8.63. The maximum absolute atomic E-state index is 11.1. The molecule has 0 saturated carbocycles. The van der Waals surface area contributed by atoms with Crippen molar-refractivity contribution in [1.82, 2.24) is 4.98 Å². The Hall–Kier alpha value is -3.11. The number of aromatic nitrogens is 1. The van der Waals surface area contributed by atoms with Crippen LogP contribution < -0.4 is 0 Å². The summed E-state index contributed by atoms with van der Waals surface area (Å²) in [5, 5.41) is 9.24. The second kappa shape index (κ2) is 9.80. The van der Waals surface area contributed by atoms with Crippen LogP contribution in [0, 0.1) is 0 Å². The van der Waals surface area contributed by atoms with Gasteiger partial charge in [-0.3, -0.25) is 9.78 Å². The molecular weight excluding hydrogens is 426 g/mol. The van der Waals surface area contributed by atoms with Crippen molar-refractivity contribution in [2.75, 3.05) is 5.75 Å². The molecule has 0 fully saturated rings. The minimum atomic E-state index is -0.753. The maximum atomic E-state index is 11.1. The Morgan fingerprint density at radius 3 is 2.67 bits per heavy atom. The fourth-order valence-electron chi connectivity index (χ4n) is 4.64. The number of carboxylic acids is 1. The lowest BCUT2D eigenvalue weighted by Crippen LogP contribution is -2.05. The zero-order valence-corrected chi connectivity index (χ0v) is 19.4. The van der Waals surface area contributed by atoms with Gasteiger partial charge in [0, 0.05) is 11.4 Å². The van der Waals surface area contributed by atoms with Crippen molar-refractivity contribution in [3.63, 3.8) is 0 Å². The molecule has 0 amide bonds. The SMILES string of the molecule is O=C(O)CCSC1c2ccccc2C=Cc2ccc(C=Cc3ccc4c(n3)CCCC4)cc21. The smallest absolute Gasteiger partial charge is 0.304 e. The number of aryl methyl sites for hydroxylation is 2. The molecular formula is C29H27NO2S.